The Hall–Kier alpha value is -15.2. The van der Waals surface area contributed by atoms with E-state index in [0.29, 0.717) is 5.56 Å². The fourth-order valence-electron chi connectivity index (χ4n) is 19.5. The molecule has 0 amide bonds. The van der Waals surface area contributed by atoms with Crippen molar-refractivity contribution in [3.8, 4) is 45.5 Å². The molecule has 25 rings (SSSR count). The van der Waals surface area contributed by atoms with Crippen LogP contribution in [0.4, 0.5) is 0 Å². The van der Waals surface area contributed by atoms with Crippen LogP contribution >= 0.6 is 0 Å². The highest BCUT2D eigenvalue weighted by Crippen LogP contribution is 2.46. The van der Waals surface area contributed by atoms with Crippen LogP contribution < -0.4 is 0 Å². The Labute approximate surface area is 639 Å². The summed E-state index contributed by atoms with van der Waals surface area (Å²) < 4.78 is 19.4. The van der Waals surface area contributed by atoms with Gasteiger partial charge in [0, 0.05) is 137 Å². The standard InChI is InChI=1S/C103H62N8O/c112-62-63-37-39-64(40-38-63)104-90-30-12-3-21-74(90)81-56-66(41-48-97(81)104)106-92-32-14-5-23-76(92)83-58-68(43-50-99(83)106)108-94-34-16-7-25-78(94)85-60-70(45-52-101(85)108)110-96-36-18-9-27-80(96)87-61-71(47-54-103(87)110)111-95-35-17-8-26-79(95)86-59-69(46-53-102(86)111)109-93-33-15-6-24-77(93)84-57-67(44-51-100(84)109)107-91-31-13-4-22-75(91)82-55-65(42-49-98(82)107)105-88-28-10-1-19-72(88)73-20-2-11-29-89(73)105/h1-62H. The molecule has 17 aromatic carbocycles. The number of carbonyl (C=O) groups excluding carboxylic acids is 1. The lowest BCUT2D eigenvalue weighted by molar-refractivity contribution is 0.112. The van der Waals surface area contributed by atoms with Crippen molar-refractivity contribution in [2.45, 2.75) is 0 Å². The third kappa shape index (κ3) is 8.42. The summed E-state index contributed by atoms with van der Waals surface area (Å²) in [6, 6.07) is 136. The molecule has 9 heteroatoms. The maximum absolute atomic E-state index is 11.7. The number of aldehydes is 1. The van der Waals surface area contributed by atoms with Crippen molar-refractivity contribution in [1.82, 2.24) is 36.5 Å². The maximum Gasteiger partial charge on any atom is 0.150 e. The molecule has 0 radical (unpaired) electrons. The van der Waals surface area contributed by atoms with Crippen molar-refractivity contribution in [2.24, 2.45) is 0 Å². The lowest BCUT2D eigenvalue weighted by Gasteiger charge is -2.13. The third-order valence-corrected chi connectivity index (χ3v) is 24.3. The van der Waals surface area contributed by atoms with Crippen LogP contribution in [0.15, 0.2) is 370 Å². The van der Waals surface area contributed by atoms with E-state index in [9.17, 15) is 4.79 Å². The Morgan fingerprint density at radius 2 is 0.268 bits per heavy atom. The predicted molar refractivity (Wildman–Crippen MR) is 467 cm³/mol. The molecule has 0 aliphatic heterocycles. The van der Waals surface area contributed by atoms with Gasteiger partial charge >= 0.3 is 0 Å². The molecular formula is C103H62N8O. The van der Waals surface area contributed by atoms with E-state index in [2.05, 4.69) is 382 Å². The van der Waals surface area contributed by atoms with Gasteiger partial charge in [-0.2, -0.15) is 0 Å². The van der Waals surface area contributed by atoms with Gasteiger partial charge in [0.05, 0.1) is 88.3 Å². The van der Waals surface area contributed by atoms with E-state index in [-0.39, 0.29) is 0 Å². The topological polar surface area (TPSA) is 56.5 Å². The molecule has 9 nitrogen and oxygen atoms in total. The van der Waals surface area contributed by atoms with E-state index in [1.807, 2.05) is 24.3 Å². The number of fused-ring (bicyclic) bond motifs is 24. The van der Waals surface area contributed by atoms with E-state index in [0.717, 1.165) is 123 Å². The molecular weight excluding hydrogens is 1370 g/mol. The minimum absolute atomic E-state index is 0.657. The average molecular weight is 1430 g/mol. The van der Waals surface area contributed by atoms with Gasteiger partial charge in [-0.1, -0.05) is 164 Å². The van der Waals surface area contributed by atoms with E-state index in [1.54, 1.807) is 0 Å². The van der Waals surface area contributed by atoms with E-state index in [1.165, 1.54) is 103 Å². The molecule has 0 N–H and O–H groups in total. The quantitative estimate of drug-likeness (QED) is 0.133. The highest BCUT2D eigenvalue weighted by Gasteiger charge is 2.25. The van der Waals surface area contributed by atoms with Gasteiger partial charge in [0.25, 0.3) is 0 Å². The van der Waals surface area contributed by atoms with Crippen LogP contribution in [0.2, 0.25) is 0 Å². The zero-order valence-electron chi connectivity index (χ0n) is 60.3. The Balaban J connectivity index is 0.585. The molecule has 25 aromatic rings. The van der Waals surface area contributed by atoms with E-state index in [4.69, 9.17) is 0 Å². The number of rotatable bonds is 9. The van der Waals surface area contributed by atoms with Crippen LogP contribution in [-0.4, -0.2) is 42.8 Å². The summed E-state index contributed by atoms with van der Waals surface area (Å²) in [7, 11) is 0. The second kappa shape index (κ2) is 22.9. The number of hydrogen-bond acceptors (Lipinski definition) is 1. The van der Waals surface area contributed by atoms with Crippen molar-refractivity contribution < 1.29 is 4.79 Å². The van der Waals surface area contributed by atoms with Crippen molar-refractivity contribution >= 4 is 181 Å². The summed E-state index contributed by atoms with van der Waals surface area (Å²) in [6.07, 6.45) is 0.898. The summed E-state index contributed by atoms with van der Waals surface area (Å²) >= 11 is 0. The molecule has 8 aromatic heterocycles. The molecule has 0 spiro atoms. The highest BCUT2D eigenvalue weighted by atomic mass is 16.1. The van der Waals surface area contributed by atoms with Gasteiger partial charge in [0.15, 0.2) is 0 Å². The number of aromatic nitrogens is 8. The Bertz CT molecular complexity index is 8370. The summed E-state index contributed by atoms with van der Waals surface area (Å²) in [6.45, 7) is 0. The molecule has 0 aliphatic carbocycles. The largest absolute Gasteiger partial charge is 0.309 e. The molecule has 0 fully saturated rings. The monoisotopic (exact) mass is 1430 g/mol. The van der Waals surface area contributed by atoms with Crippen LogP contribution in [0.5, 0.6) is 0 Å². The normalized spacial score (nSPS) is 12.3. The summed E-state index contributed by atoms with van der Waals surface area (Å²) in [5, 5.41) is 19.2. The Morgan fingerprint density at radius 3 is 0.438 bits per heavy atom. The molecule has 0 saturated carbocycles. The molecule has 520 valence electrons. The van der Waals surface area contributed by atoms with Crippen molar-refractivity contribution in [3.05, 3.63) is 376 Å². The van der Waals surface area contributed by atoms with Crippen LogP contribution in [0.3, 0.4) is 0 Å². The summed E-state index contributed by atoms with van der Waals surface area (Å²) in [5.74, 6) is 0. The van der Waals surface area contributed by atoms with Crippen molar-refractivity contribution in [3.63, 3.8) is 0 Å². The second-order valence-electron chi connectivity index (χ2n) is 30.0. The van der Waals surface area contributed by atoms with Crippen molar-refractivity contribution in [1.29, 1.82) is 0 Å². The molecule has 0 aliphatic rings. The minimum atomic E-state index is 0.657. The molecule has 0 atom stereocenters. The lowest BCUT2D eigenvalue weighted by atomic mass is 10.1. The van der Waals surface area contributed by atoms with Gasteiger partial charge < -0.3 is 36.5 Å². The number of hydrogen-bond donors (Lipinski definition) is 0. The van der Waals surface area contributed by atoms with Crippen LogP contribution in [-0.2, 0) is 0 Å². The highest BCUT2D eigenvalue weighted by molar-refractivity contribution is 6.19. The number of para-hydroxylation sites is 9. The smallest absolute Gasteiger partial charge is 0.150 e. The molecule has 8 heterocycles. The van der Waals surface area contributed by atoms with Gasteiger partial charge in [-0.15, -0.1) is 0 Å². The lowest BCUT2D eigenvalue weighted by Crippen LogP contribution is -1.98. The SMILES string of the molecule is O=Cc1ccc(-n2c3ccccc3c3cc(-n4c5ccccc5c5cc(-n6c7ccccc7c7cc(-n8c9ccccc9c9cc(-n%10c%11ccccc%11c%11cc(-n%12c%13ccccc%13c%13cc(-n%14c%15ccccc%15c%15cc(-n%16c%17ccccc%17c%17ccccc%17%16)ccc%15%14)ccc%13%12)ccc%11%10)ccc98)ccc76)ccc54)ccc32)cc1. The zero-order chi connectivity index (χ0) is 73.1. The second-order valence-corrected chi connectivity index (χ2v) is 30.0. The van der Waals surface area contributed by atoms with Gasteiger partial charge in [-0.25, -0.2) is 0 Å². The van der Waals surface area contributed by atoms with E-state index >= 15 is 0 Å². The predicted octanol–water partition coefficient (Wildman–Crippen LogP) is 26.3. The number of benzene rings is 17. The number of carbonyl (C=O) groups is 1. The summed E-state index contributed by atoms with van der Waals surface area (Å²) in [4.78, 5) is 11.7. The number of nitrogens with zero attached hydrogens (tertiary/aromatic N) is 8. The maximum atomic E-state index is 11.7. The van der Waals surface area contributed by atoms with Gasteiger partial charge in [0.1, 0.15) is 6.29 Å². The first-order valence-electron chi connectivity index (χ1n) is 38.3. The molecule has 112 heavy (non-hydrogen) atoms. The van der Waals surface area contributed by atoms with Crippen LogP contribution in [0.25, 0.3) is 220 Å². The fraction of sp³-hybridized carbons (Fsp3) is 0. The first kappa shape index (κ1) is 60.9. The fourth-order valence-corrected chi connectivity index (χ4v) is 19.5. The summed E-state index contributed by atoms with van der Waals surface area (Å²) in [5.41, 5.74) is 27.9. The molecule has 0 saturated heterocycles. The molecule has 0 unspecified atom stereocenters. The Kier molecular flexibility index (Phi) is 12.5. The van der Waals surface area contributed by atoms with Crippen molar-refractivity contribution in [2.75, 3.05) is 0 Å². The van der Waals surface area contributed by atoms with Crippen LogP contribution in [0.1, 0.15) is 10.4 Å². The average Bonchev–Trinajstić information content (AvgIpc) is 1.53. The minimum Gasteiger partial charge on any atom is -0.309 e. The first-order valence-corrected chi connectivity index (χ1v) is 38.3. The van der Waals surface area contributed by atoms with Gasteiger partial charge in [-0.3, -0.25) is 4.79 Å². The molecule has 0 bridgehead atoms. The van der Waals surface area contributed by atoms with Gasteiger partial charge in [0.2, 0.25) is 0 Å². The van der Waals surface area contributed by atoms with Crippen LogP contribution in [0, 0.1) is 0 Å². The van der Waals surface area contributed by atoms with Gasteiger partial charge in [-0.05, 0) is 206 Å². The zero-order valence-corrected chi connectivity index (χ0v) is 60.3. The third-order valence-electron chi connectivity index (χ3n) is 24.3. The first-order chi connectivity index (χ1) is 55.5. The Morgan fingerprint density at radius 1 is 0.134 bits per heavy atom. The van der Waals surface area contributed by atoms with E-state index < -0.39 is 0 Å².